The first kappa shape index (κ1) is 12.4. The molecule has 0 unspecified atom stereocenters. The van der Waals surface area contributed by atoms with Crippen molar-refractivity contribution in [2.75, 3.05) is 19.6 Å². The Morgan fingerprint density at radius 3 is 2.31 bits per heavy atom. The van der Waals surface area contributed by atoms with Crippen molar-refractivity contribution in [2.45, 2.75) is 39.5 Å². The van der Waals surface area contributed by atoms with Crippen LogP contribution in [-0.2, 0) is 0 Å². The molecule has 0 aromatic heterocycles. The van der Waals surface area contributed by atoms with Crippen LogP contribution in [0.1, 0.15) is 39.5 Å². The lowest BCUT2D eigenvalue weighted by molar-refractivity contribution is 0.281. The SMILES string of the molecule is CCCCN(CC)CCCC(=N)N. The maximum Gasteiger partial charge on any atom is 0.0905 e. The summed E-state index contributed by atoms with van der Waals surface area (Å²) in [7, 11) is 0. The Balaban J connectivity index is 3.41. The van der Waals surface area contributed by atoms with Crippen LogP contribution in [0.2, 0.25) is 0 Å². The predicted molar refractivity (Wildman–Crippen MR) is 58.2 cm³/mol. The molecule has 0 aromatic carbocycles. The maximum atomic E-state index is 7.09. The van der Waals surface area contributed by atoms with Gasteiger partial charge in [-0.05, 0) is 32.5 Å². The summed E-state index contributed by atoms with van der Waals surface area (Å²) < 4.78 is 0. The smallest absolute Gasteiger partial charge is 0.0905 e. The van der Waals surface area contributed by atoms with Gasteiger partial charge in [-0.25, -0.2) is 0 Å². The molecule has 3 nitrogen and oxygen atoms in total. The standard InChI is InChI=1S/C10H23N3/c1-3-5-8-13(4-2)9-6-7-10(11)12/h3-9H2,1-2H3,(H3,11,12). The third-order valence-corrected chi connectivity index (χ3v) is 2.20. The van der Waals surface area contributed by atoms with Gasteiger partial charge in [0.25, 0.3) is 0 Å². The third-order valence-electron chi connectivity index (χ3n) is 2.20. The van der Waals surface area contributed by atoms with Crippen LogP contribution < -0.4 is 5.73 Å². The zero-order chi connectivity index (χ0) is 10.1. The van der Waals surface area contributed by atoms with Crippen molar-refractivity contribution in [3.63, 3.8) is 0 Å². The number of amidine groups is 1. The van der Waals surface area contributed by atoms with E-state index in [9.17, 15) is 0 Å². The Bertz CT molecular complexity index is 134. The predicted octanol–water partition coefficient (Wildman–Crippen LogP) is 1.82. The van der Waals surface area contributed by atoms with E-state index in [4.69, 9.17) is 11.1 Å². The second-order valence-electron chi connectivity index (χ2n) is 3.42. The molecule has 0 radical (unpaired) electrons. The first-order valence-electron chi connectivity index (χ1n) is 5.26. The molecule has 0 aliphatic heterocycles. The molecule has 0 heterocycles. The molecule has 0 fully saturated rings. The second kappa shape index (κ2) is 8.05. The average molecular weight is 185 g/mol. The van der Waals surface area contributed by atoms with Crippen LogP contribution in [0.3, 0.4) is 0 Å². The van der Waals surface area contributed by atoms with Crippen molar-refractivity contribution in [3.05, 3.63) is 0 Å². The lowest BCUT2D eigenvalue weighted by Crippen LogP contribution is -2.26. The Kier molecular flexibility index (Phi) is 7.69. The van der Waals surface area contributed by atoms with Crippen molar-refractivity contribution < 1.29 is 0 Å². The minimum atomic E-state index is 0.312. The Morgan fingerprint density at radius 2 is 1.85 bits per heavy atom. The van der Waals surface area contributed by atoms with E-state index in [1.54, 1.807) is 0 Å². The minimum absolute atomic E-state index is 0.312. The number of hydrogen-bond donors (Lipinski definition) is 2. The van der Waals surface area contributed by atoms with E-state index >= 15 is 0 Å². The van der Waals surface area contributed by atoms with Gasteiger partial charge in [-0.1, -0.05) is 20.3 Å². The molecular formula is C10H23N3. The van der Waals surface area contributed by atoms with E-state index in [1.165, 1.54) is 19.4 Å². The molecule has 3 heteroatoms. The summed E-state index contributed by atoms with van der Waals surface area (Å²) in [6.45, 7) is 7.77. The largest absolute Gasteiger partial charge is 0.388 e. The number of nitrogens with zero attached hydrogens (tertiary/aromatic N) is 1. The fourth-order valence-electron chi connectivity index (χ4n) is 1.30. The van der Waals surface area contributed by atoms with Gasteiger partial charge in [0.1, 0.15) is 0 Å². The van der Waals surface area contributed by atoms with Crippen LogP contribution in [-0.4, -0.2) is 30.4 Å². The number of nitrogens with one attached hydrogen (secondary N) is 1. The summed E-state index contributed by atoms with van der Waals surface area (Å²) in [5, 5.41) is 7.09. The Hall–Kier alpha value is -0.570. The van der Waals surface area contributed by atoms with Crippen molar-refractivity contribution in [3.8, 4) is 0 Å². The molecule has 3 N–H and O–H groups in total. The second-order valence-corrected chi connectivity index (χ2v) is 3.42. The van der Waals surface area contributed by atoms with E-state index in [1.807, 2.05) is 0 Å². The summed E-state index contributed by atoms with van der Waals surface area (Å²) in [5.41, 5.74) is 5.29. The van der Waals surface area contributed by atoms with Crippen LogP contribution in [0.15, 0.2) is 0 Å². The van der Waals surface area contributed by atoms with Crippen molar-refractivity contribution >= 4 is 5.84 Å². The van der Waals surface area contributed by atoms with Gasteiger partial charge in [0.05, 0.1) is 5.84 Å². The molecule has 0 saturated carbocycles. The quantitative estimate of drug-likeness (QED) is 0.448. The molecule has 0 atom stereocenters. The van der Waals surface area contributed by atoms with Crippen LogP contribution in [0, 0.1) is 5.41 Å². The van der Waals surface area contributed by atoms with Gasteiger partial charge in [-0.15, -0.1) is 0 Å². The number of nitrogens with two attached hydrogens (primary N) is 1. The van der Waals surface area contributed by atoms with Gasteiger partial charge in [0.2, 0.25) is 0 Å². The number of unbranched alkanes of at least 4 members (excludes halogenated alkanes) is 1. The van der Waals surface area contributed by atoms with Crippen LogP contribution in [0.5, 0.6) is 0 Å². The fraction of sp³-hybridized carbons (Fsp3) is 0.900. The molecule has 0 aliphatic carbocycles. The molecule has 0 spiro atoms. The molecule has 0 aromatic rings. The zero-order valence-corrected chi connectivity index (χ0v) is 8.97. The summed E-state index contributed by atoms with van der Waals surface area (Å²) in [4.78, 5) is 2.42. The normalized spacial score (nSPS) is 10.7. The van der Waals surface area contributed by atoms with Crippen LogP contribution in [0.4, 0.5) is 0 Å². The van der Waals surface area contributed by atoms with Gasteiger partial charge < -0.3 is 10.6 Å². The molecule has 0 rings (SSSR count). The van der Waals surface area contributed by atoms with E-state index < -0.39 is 0 Å². The highest BCUT2D eigenvalue weighted by Crippen LogP contribution is 1.98. The first-order chi connectivity index (χ1) is 6.20. The monoisotopic (exact) mass is 185 g/mol. The van der Waals surface area contributed by atoms with Crippen molar-refractivity contribution in [1.29, 1.82) is 5.41 Å². The highest BCUT2D eigenvalue weighted by atomic mass is 15.1. The van der Waals surface area contributed by atoms with Crippen LogP contribution in [0.25, 0.3) is 0 Å². The third kappa shape index (κ3) is 7.78. The first-order valence-corrected chi connectivity index (χ1v) is 5.26. The topological polar surface area (TPSA) is 53.1 Å². The average Bonchev–Trinajstić information content (AvgIpc) is 2.10. The number of rotatable bonds is 8. The summed E-state index contributed by atoms with van der Waals surface area (Å²) >= 11 is 0. The van der Waals surface area contributed by atoms with Crippen molar-refractivity contribution in [1.82, 2.24) is 4.90 Å². The molecule has 0 saturated heterocycles. The zero-order valence-electron chi connectivity index (χ0n) is 8.97. The van der Waals surface area contributed by atoms with Gasteiger partial charge in [0, 0.05) is 6.42 Å². The summed E-state index contributed by atoms with van der Waals surface area (Å²) in [6.07, 6.45) is 4.28. The maximum absolute atomic E-state index is 7.09. The minimum Gasteiger partial charge on any atom is -0.388 e. The van der Waals surface area contributed by atoms with E-state index in [-0.39, 0.29) is 0 Å². The highest BCUT2D eigenvalue weighted by molar-refractivity contribution is 5.76. The Labute approximate surface area is 81.8 Å². The summed E-state index contributed by atoms with van der Waals surface area (Å²) in [6, 6.07) is 0. The van der Waals surface area contributed by atoms with Crippen LogP contribution >= 0.6 is 0 Å². The van der Waals surface area contributed by atoms with Crippen molar-refractivity contribution in [2.24, 2.45) is 5.73 Å². The molecular weight excluding hydrogens is 162 g/mol. The molecule has 78 valence electrons. The molecule has 13 heavy (non-hydrogen) atoms. The van der Waals surface area contributed by atoms with Gasteiger partial charge in [0.15, 0.2) is 0 Å². The van der Waals surface area contributed by atoms with Gasteiger partial charge in [-0.2, -0.15) is 0 Å². The number of hydrogen-bond acceptors (Lipinski definition) is 2. The Morgan fingerprint density at radius 1 is 1.23 bits per heavy atom. The van der Waals surface area contributed by atoms with Gasteiger partial charge in [-0.3, -0.25) is 5.41 Å². The van der Waals surface area contributed by atoms with Gasteiger partial charge >= 0.3 is 0 Å². The molecule has 0 aliphatic rings. The molecule has 0 bridgehead atoms. The fourth-order valence-corrected chi connectivity index (χ4v) is 1.30. The van der Waals surface area contributed by atoms with E-state index in [2.05, 4.69) is 18.7 Å². The lowest BCUT2D eigenvalue weighted by atomic mass is 10.2. The highest BCUT2D eigenvalue weighted by Gasteiger charge is 2.00. The van der Waals surface area contributed by atoms with E-state index in [0.717, 1.165) is 25.9 Å². The lowest BCUT2D eigenvalue weighted by Gasteiger charge is -2.19. The molecule has 0 amide bonds. The van der Waals surface area contributed by atoms with E-state index in [0.29, 0.717) is 5.84 Å². The summed E-state index contributed by atoms with van der Waals surface area (Å²) in [5.74, 6) is 0.312.